The lowest BCUT2D eigenvalue weighted by Crippen LogP contribution is -2.64. The Morgan fingerprint density at radius 2 is 2.24 bits per heavy atom. The van der Waals surface area contributed by atoms with Crippen LogP contribution in [0.5, 0.6) is 0 Å². The summed E-state index contributed by atoms with van der Waals surface area (Å²) in [6, 6.07) is 1.70. The molecule has 1 heterocycles. The molecule has 17 heavy (non-hydrogen) atoms. The standard InChI is InChI=1S/C10H12ClF2N3O/c11-4-8(17)15-9(5-10(12,13)6-9)7-16-3-1-2-14-16/h1-3H,4-7H2,(H,15,17). The van der Waals surface area contributed by atoms with Crippen LogP contribution in [-0.2, 0) is 11.3 Å². The van der Waals surface area contributed by atoms with Gasteiger partial charge in [0.25, 0.3) is 5.92 Å². The van der Waals surface area contributed by atoms with Crippen molar-refractivity contribution >= 4 is 17.5 Å². The molecule has 1 aromatic rings. The van der Waals surface area contributed by atoms with Gasteiger partial charge in [-0.15, -0.1) is 11.6 Å². The maximum Gasteiger partial charge on any atom is 0.252 e. The summed E-state index contributed by atoms with van der Waals surface area (Å²) < 4.78 is 27.5. The quantitative estimate of drug-likeness (QED) is 0.835. The van der Waals surface area contributed by atoms with Gasteiger partial charge in [0.15, 0.2) is 0 Å². The lowest BCUT2D eigenvalue weighted by Gasteiger charge is -2.47. The van der Waals surface area contributed by atoms with E-state index < -0.39 is 17.4 Å². The summed E-state index contributed by atoms with van der Waals surface area (Å²) in [7, 11) is 0. The van der Waals surface area contributed by atoms with Crippen LogP contribution < -0.4 is 5.32 Å². The van der Waals surface area contributed by atoms with E-state index in [2.05, 4.69) is 10.4 Å². The minimum absolute atomic E-state index is 0.230. The van der Waals surface area contributed by atoms with Gasteiger partial charge in [0.1, 0.15) is 5.88 Å². The second-order valence-electron chi connectivity index (χ2n) is 4.38. The van der Waals surface area contributed by atoms with Gasteiger partial charge in [0, 0.05) is 25.2 Å². The lowest BCUT2D eigenvalue weighted by atomic mass is 9.73. The highest BCUT2D eigenvalue weighted by atomic mass is 35.5. The van der Waals surface area contributed by atoms with E-state index in [1.807, 2.05) is 0 Å². The maximum atomic E-state index is 13.0. The molecule has 1 amide bonds. The number of alkyl halides is 3. The van der Waals surface area contributed by atoms with Crippen molar-refractivity contribution in [3.63, 3.8) is 0 Å². The van der Waals surface area contributed by atoms with Crippen LogP contribution in [0, 0.1) is 0 Å². The molecule has 1 aliphatic carbocycles. The van der Waals surface area contributed by atoms with E-state index in [-0.39, 0.29) is 25.3 Å². The first-order valence-electron chi connectivity index (χ1n) is 5.17. The fourth-order valence-corrected chi connectivity index (χ4v) is 2.28. The van der Waals surface area contributed by atoms with Crippen LogP contribution in [0.4, 0.5) is 8.78 Å². The Bertz CT molecular complexity index is 400. The average Bonchev–Trinajstić information content (AvgIpc) is 2.66. The molecule has 2 rings (SSSR count). The predicted molar refractivity (Wildman–Crippen MR) is 58.0 cm³/mol. The molecule has 0 atom stereocenters. The highest BCUT2D eigenvalue weighted by Crippen LogP contribution is 2.46. The van der Waals surface area contributed by atoms with E-state index in [9.17, 15) is 13.6 Å². The van der Waals surface area contributed by atoms with Crippen molar-refractivity contribution in [2.24, 2.45) is 0 Å². The monoisotopic (exact) mass is 263 g/mol. The summed E-state index contributed by atoms with van der Waals surface area (Å²) in [6.07, 6.45) is 2.49. The molecule has 4 nitrogen and oxygen atoms in total. The molecular formula is C10H12ClF2N3O. The van der Waals surface area contributed by atoms with Gasteiger partial charge in [-0.25, -0.2) is 8.78 Å². The molecule has 0 spiro atoms. The topological polar surface area (TPSA) is 46.9 Å². The summed E-state index contributed by atoms with van der Waals surface area (Å²) in [6.45, 7) is 0.234. The molecule has 1 aromatic heterocycles. The van der Waals surface area contributed by atoms with E-state index in [0.29, 0.717) is 0 Å². The van der Waals surface area contributed by atoms with Crippen LogP contribution in [0.1, 0.15) is 12.8 Å². The van der Waals surface area contributed by atoms with Crippen LogP contribution in [-0.4, -0.2) is 33.0 Å². The normalized spacial score (nSPS) is 20.6. The van der Waals surface area contributed by atoms with Crippen molar-refractivity contribution < 1.29 is 13.6 Å². The Labute approximate surface area is 102 Å². The average molecular weight is 264 g/mol. The molecular weight excluding hydrogens is 252 g/mol. The van der Waals surface area contributed by atoms with E-state index in [1.54, 1.807) is 18.5 Å². The smallest absolute Gasteiger partial charge is 0.252 e. The number of carbonyl (C=O) groups is 1. The summed E-state index contributed by atoms with van der Waals surface area (Å²) in [5.41, 5.74) is -0.929. The molecule has 0 radical (unpaired) electrons. The van der Waals surface area contributed by atoms with Crippen LogP contribution in [0.15, 0.2) is 18.5 Å². The van der Waals surface area contributed by atoms with Crippen LogP contribution in [0.25, 0.3) is 0 Å². The molecule has 0 bridgehead atoms. The molecule has 0 aromatic carbocycles. The Morgan fingerprint density at radius 3 is 2.71 bits per heavy atom. The van der Waals surface area contributed by atoms with Crippen molar-refractivity contribution in [3.05, 3.63) is 18.5 Å². The predicted octanol–water partition coefficient (Wildman–Crippen LogP) is 1.41. The van der Waals surface area contributed by atoms with Crippen molar-refractivity contribution in [1.82, 2.24) is 15.1 Å². The molecule has 0 aliphatic heterocycles. The molecule has 0 unspecified atom stereocenters. The number of hydrogen-bond donors (Lipinski definition) is 1. The van der Waals surface area contributed by atoms with Gasteiger partial charge in [0.05, 0.1) is 12.1 Å². The Balaban J connectivity index is 2.07. The number of carbonyl (C=O) groups excluding carboxylic acids is 1. The largest absolute Gasteiger partial charge is 0.347 e. The van der Waals surface area contributed by atoms with E-state index in [4.69, 9.17) is 11.6 Å². The van der Waals surface area contributed by atoms with Gasteiger partial charge in [-0.2, -0.15) is 5.10 Å². The van der Waals surface area contributed by atoms with Crippen molar-refractivity contribution in [2.75, 3.05) is 5.88 Å². The van der Waals surface area contributed by atoms with Crippen LogP contribution >= 0.6 is 11.6 Å². The van der Waals surface area contributed by atoms with Gasteiger partial charge in [-0.05, 0) is 6.07 Å². The Morgan fingerprint density at radius 1 is 1.53 bits per heavy atom. The van der Waals surface area contributed by atoms with Crippen LogP contribution in [0.2, 0.25) is 0 Å². The van der Waals surface area contributed by atoms with Crippen molar-refractivity contribution in [2.45, 2.75) is 30.8 Å². The van der Waals surface area contributed by atoms with Gasteiger partial charge < -0.3 is 5.32 Å². The van der Waals surface area contributed by atoms with Gasteiger partial charge in [-0.3, -0.25) is 9.48 Å². The third-order valence-corrected chi connectivity index (χ3v) is 2.99. The second kappa shape index (κ2) is 4.25. The fourth-order valence-electron chi connectivity index (χ4n) is 2.21. The van der Waals surface area contributed by atoms with E-state index in [0.717, 1.165) is 0 Å². The highest BCUT2D eigenvalue weighted by molar-refractivity contribution is 6.27. The zero-order chi connectivity index (χ0) is 12.5. The summed E-state index contributed by atoms with van der Waals surface area (Å²) >= 11 is 5.37. The highest BCUT2D eigenvalue weighted by Gasteiger charge is 2.57. The summed E-state index contributed by atoms with van der Waals surface area (Å²) in [4.78, 5) is 11.2. The minimum atomic E-state index is -2.72. The summed E-state index contributed by atoms with van der Waals surface area (Å²) in [5, 5.41) is 6.51. The maximum absolute atomic E-state index is 13.0. The first-order valence-corrected chi connectivity index (χ1v) is 5.70. The molecule has 1 aliphatic rings. The van der Waals surface area contributed by atoms with E-state index in [1.165, 1.54) is 4.68 Å². The van der Waals surface area contributed by atoms with E-state index >= 15 is 0 Å². The molecule has 0 saturated heterocycles. The third kappa shape index (κ3) is 2.74. The number of halogens is 3. The number of nitrogens with one attached hydrogen (secondary N) is 1. The summed E-state index contributed by atoms with van der Waals surface area (Å²) in [5.74, 6) is -3.38. The first kappa shape index (κ1) is 12.3. The third-order valence-electron chi connectivity index (χ3n) is 2.74. The lowest BCUT2D eigenvalue weighted by molar-refractivity contribution is -0.149. The number of nitrogens with zero attached hydrogens (tertiary/aromatic N) is 2. The molecule has 1 N–H and O–H groups in total. The molecule has 94 valence electrons. The Kier molecular flexibility index (Phi) is 3.07. The second-order valence-corrected chi connectivity index (χ2v) is 4.64. The number of hydrogen-bond acceptors (Lipinski definition) is 2. The minimum Gasteiger partial charge on any atom is -0.347 e. The van der Waals surface area contributed by atoms with Crippen molar-refractivity contribution in [1.29, 1.82) is 0 Å². The van der Waals surface area contributed by atoms with Gasteiger partial charge in [0.2, 0.25) is 5.91 Å². The number of amides is 1. The van der Waals surface area contributed by atoms with Gasteiger partial charge in [-0.1, -0.05) is 0 Å². The zero-order valence-electron chi connectivity index (χ0n) is 9.00. The fraction of sp³-hybridized carbons (Fsp3) is 0.600. The molecule has 7 heteroatoms. The first-order chi connectivity index (χ1) is 7.95. The van der Waals surface area contributed by atoms with Crippen molar-refractivity contribution in [3.8, 4) is 0 Å². The molecule has 1 saturated carbocycles. The molecule has 1 fully saturated rings. The van der Waals surface area contributed by atoms with Crippen LogP contribution in [0.3, 0.4) is 0 Å². The number of aromatic nitrogens is 2. The number of rotatable bonds is 4. The zero-order valence-corrected chi connectivity index (χ0v) is 9.75. The SMILES string of the molecule is O=C(CCl)NC1(Cn2cccn2)CC(F)(F)C1. The van der Waals surface area contributed by atoms with Gasteiger partial charge >= 0.3 is 0 Å². The Hall–Kier alpha value is -1.17.